The molecule has 0 aromatic carbocycles. The first-order chi connectivity index (χ1) is 13.3. The molecule has 0 bridgehead atoms. The Balaban J connectivity index is 1.14. The highest BCUT2D eigenvalue weighted by molar-refractivity contribution is 5.07. The summed E-state index contributed by atoms with van der Waals surface area (Å²) in [6, 6.07) is 0. The van der Waals surface area contributed by atoms with E-state index in [2.05, 4.69) is 36.9 Å². The van der Waals surface area contributed by atoms with Gasteiger partial charge >= 0.3 is 0 Å². The van der Waals surface area contributed by atoms with Gasteiger partial charge in [0.05, 0.1) is 6.54 Å². The largest absolute Gasteiger partial charge is 0.317 e. The highest BCUT2D eigenvalue weighted by Gasteiger charge is 2.52. The van der Waals surface area contributed by atoms with Crippen molar-refractivity contribution in [3.8, 4) is 0 Å². The van der Waals surface area contributed by atoms with Crippen LogP contribution >= 0.6 is 0 Å². The molecule has 1 aliphatic carbocycles. The van der Waals surface area contributed by atoms with E-state index in [4.69, 9.17) is 0 Å². The lowest BCUT2D eigenvalue weighted by Crippen LogP contribution is -2.36. The van der Waals surface area contributed by atoms with E-state index in [1.807, 2.05) is 0 Å². The molecule has 4 aliphatic rings. The predicted octanol–water partition coefficient (Wildman–Crippen LogP) is 1.84. The van der Waals surface area contributed by atoms with Crippen molar-refractivity contribution in [3.05, 3.63) is 11.6 Å². The predicted molar refractivity (Wildman–Crippen MR) is 107 cm³/mol. The summed E-state index contributed by atoms with van der Waals surface area (Å²) in [4.78, 5) is 5.29. The van der Waals surface area contributed by atoms with Gasteiger partial charge in [-0.15, -0.1) is 10.2 Å². The Morgan fingerprint density at radius 1 is 0.889 bits per heavy atom. The van der Waals surface area contributed by atoms with Crippen LogP contribution in [0.15, 0.2) is 0 Å². The van der Waals surface area contributed by atoms with Gasteiger partial charge < -0.3 is 14.8 Å². The van der Waals surface area contributed by atoms with Crippen LogP contribution < -0.4 is 5.32 Å². The second-order valence-corrected chi connectivity index (χ2v) is 9.45. The van der Waals surface area contributed by atoms with Gasteiger partial charge in [0, 0.05) is 19.5 Å². The van der Waals surface area contributed by atoms with E-state index >= 15 is 0 Å². The van der Waals surface area contributed by atoms with Crippen LogP contribution in [0, 0.1) is 17.8 Å². The first-order valence-corrected chi connectivity index (χ1v) is 11.3. The molecule has 1 unspecified atom stereocenters. The third-order valence-electron chi connectivity index (χ3n) is 7.75. The van der Waals surface area contributed by atoms with E-state index in [1.165, 1.54) is 90.2 Å². The normalized spacial score (nSPS) is 33.1. The van der Waals surface area contributed by atoms with Gasteiger partial charge in [0.15, 0.2) is 0 Å². The van der Waals surface area contributed by atoms with Crippen LogP contribution in [0.2, 0.25) is 0 Å². The molecule has 6 heteroatoms. The van der Waals surface area contributed by atoms with E-state index in [0.29, 0.717) is 5.92 Å². The standard InChI is InChI=1S/C21H36N6/c1-25-20(15-26-8-4-2-3-5-9-26)23-24-21(25)16-6-10-27(11-7-16)14-19-17-12-22-13-18(17)19/h16-19,22H,2-15H2,1H3/t17-,18+,19?. The lowest BCUT2D eigenvalue weighted by molar-refractivity contribution is 0.193. The van der Waals surface area contributed by atoms with E-state index in [9.17, 15) is 0 Å². The number of hydrogen-bond acceptors (Lipinski definition) is 5. The van der Waals surface area contributed by atoms with E-state index in [-0.39, 0.29) is 0 Å². The topological polar surface area (TPSA) is 49.2 Å². The molecule has 1 aromatic rings. The van der Waals surface area contributed by atoms with Crippen molar-refractivity contribution in [2.75, 3.05) is 45.8 Å². The van der Waals surface area contributed by atoms with Gasteiger partial charge in [-0.2, -0.15) is 0 Å². The molecule has 0 amide bonds. The fraction of sp³-hybridized carbons (Fsp3) is 0.905. The SMILES string of the molecule is Cn1c(CN2CCCCCC2)nnc1C1CCN(CC2[C@H]3CNC[C@@H]23)CC1. The third-order valence-corrected chi connectivity index (χ3v) is 7.75. The summed E-state index contributed by atoms with van der Waals surface area (Å²) in [5.74, 6) is 5.94. The molecule has 4 heterocycles. The molecule has 3 aliphatic heterocycles. The lowest BCUT2D eigenvalue weighted by Gasteiger charge is -2.32. The van der Waals surface area contributed by atoms with Crippen LogP contribution in [0.25, 0.3) is 0 Å². The Morgan fingerprint density at radius 3 is 2.30 bits per heavy atom. The number of nitrogens with zero attached hydrogens (tertiary/aromatic N) is 5. The summed E-state index contributed by atoms with van der Waals surface area (Å²) in [5.41, 5.74) is 0. The van der Waals surface area contributed by atoms with Crippen molar-refractivity contribution < 1.29 is 0 Å². The van der Waals surface area contributed by atoms with Crippen LogP contribution in [-0.2, 0) is 13.6 Å². The molecular weight excluding hydrogens is 336 g/mol. The van der Waals surface area contributed by atoms with Crippen LogP contribution in [0.1, 0.15) is 56.1 Å². The maximum atomic E-state index is 4.63. The number of piperidine rings is 2. The number of nitrogens with one attached hydrogen (secondary N) is 1. The van der Waals surface area contributed by atoms with Crippen molar-refractivity contribution >= 4 is 0 Å². The van der Waals surface area contributed by atoms with E-state index in [0.717, 1.165) is 30.1 Å². The maximum absolute atomic E-state index is 4.63. The van der Waals surface area contributed by atoms with Gasteiger partial charge in [-0.25, -0.2) is 0 Å². The highest BCUT2D eigenvalue weighted by Crippen LogP contribution is 2.49. The highest BCUT2D eigenvalue weighted by atomic mass is 15.3. The van der Waals surface area contributed by atoms with E-state index in [1.54, 1.807) is 0 Å². The summed E-state index contributed by atoms with van der Waals surface area (Å²) < 4.78 is 2.31. The van der Waals surface area contributed by atoms with Crippen molar-refractivity contribution in [2.24, 2.45) is 24.8 Å². The number of aromatic nitrogens is 3. The van der Waals surface area contributed by atoms with Crippen molar-refractivity contribution in [3.63, 3.8) is 0 Å². The minimum absolute atomic E-state index is 0.594. The Labute approximate surface area is 163 Å². The molecule has 150 valence electrons. The monoisotopic (exact) mass is 372 g/mol. The quantitative estimate of drug-likeness (QED) is 0.855. The molecule has 3 atom stereocenters. The zero-order chi connectivity index (χ0) is 18.2. The number of hydrogen-bond donors (Lipinski definition) is 1. The Kier molecular flexibility index (Phi) is 5.22. The van der Waals surface area contributed by atoms with Gasteiger partial charge in [0.1, 0.15) is 11.6 Å². The summed E-state index contributed by atoms with van der Waals surface area (Å²) >= 11 is 0. The lowest BCUT2D eigenvalue weighted by atomic mass is 9.95. The first-order valence-electron chi connectivity index (χ1n) is 11.3. The molecule has 5 rings (SSSR count). The van der Waals surface area contributed by atoms with Crippen LogP contribution in [0.5, 0.6) is 0 Å². The fourth-order valence-electron chi connectivity index (χ4n) is 5.85. The van der Waals surface area contributed by atoms with Crippen LogP contribution in [0.4, 0.5) is 0 Å². The molecule has 1 aromatic heterocycles. The van der Waals surface area contributed by atoms with Gasteiger partial charge in [-0.3, -0.25) is 4.90 Å². The Hall–Kier alpha value is -0.980. The van der Waals surface area contributed by atoms with Gasteiger partial charge in [0.2, 0.25) is 0 Å². The second-order valence-electron chi connectivity index (χ2n) is 9.45. The average Bonchev–Trinajstić information content (AvgIpc) is 2.98. The minimum Gasteiger partial charge on any atom is -0.317 e. The summed E-state index contributed by atoms with van der Waals surface area (Å²) in [6.45, 7) is 9.77. The molecule has 0 spiro atoms. The number of likely N-dealkylation sites (tertiary alicyclic amines) is 2. The van der Waals surface area contributed by atoms with Gasteiger partial charge in [-0.05, 0) is 82.7 Å². The number of fused-ring (bicyclic) bond motifs is 1. The molecule has 4 fully saturated rings. The van der Waals surface area contributed by atoms with Gasteiger partial charge in [0.25, 0.3) is 0 Å². The zero-order valence-electron chi connectivity index (χ0n) is 16.9. The van der Waals surface area contributed by atoms with Crippen LogP contribution in [-0.4, -0.2) is 70.4 Å². The molecule has 3 saturated heterocycles. The van der Waals surface area contributed by atoms with Crippen molar-refractivity contribution in [1.82, 2.24) is 29.9 Å². The van der Waals surface area contributed by atoms with Crippen molar-refractivity contribution in [2.45, 2.75) is 51.0 Å². The molecule has 0 radical (unpaired) electrons. The van der Waals surface area contributed by atoms with Crippen LogP contribution in [0.3, 0.4) is 0 Å². The van der Waals surface area contributed by atoms with Crippen molar-refractivity contribution in [1.29, 1.82) is 0 Å². The molecule has 1 saturated carbocycles. The molecule has 27 heavy (non-hydrogen) atoms. The van der Waals surface area contributed by atoms with E-state index < -0.39 is 0 Å². The fourth-order valence-corrected chi connectivity index (χ4v) is 5.85. The second kappa shape index (κ2) is 7.80. The smallest absolute Gasteiger partial charge is 0.146 e. The summed E-state index contributed by atoms with van der Waals surface area (Å²) in [6.07, 6.45) is 7.94. The average molecular weight is 373 g/mol. The molecule has 6 nitrogen and oxygen atoms in total. The molecular formula is C21H36N6. The zero-order valence-corrected chi connectivity index (χ0v) is 16.9. The Bertz CT molecular complexity index is 617. The third kappa shape index (κ3) is 3.81. The maximum Gasteiger partial charge on any atom is 0.146 e. The Morgan fingerprint density at radius 2 is 1.59 bits per heavy atom. The minimum atomic E-state index is 0.594. The summed E-state index contributed by atoms with van der Waals surface area (Å²) in [7, 11) is 2.19. The summed E-state index contributed by atoms with van der Waals surface area (Å²) in [5, 5.41) is 12.7. The number of rotatable bonds is 5. The first kappa shape index (κ1) is 18.1. The van der Waals surface area contributed by atoms with Gasteiger partial charge in [-0.1, -0.05) is 12.8 Å². The molecule has 1 N–H and O–H groups in total.